The number of halogens is 1. The first-order chi connectivity index (χ1) is 13.7. The van der Waals surface area contributed by atoms with Crippen molar-refractivity contribution in [2.45, 2.75) is 6.10 Å². The van der Waals surface area contributed by atoms with Crippen molar-refractivity contribution in [3.8, 4) is 11.5 Å². The first-order valence-electron chi connectivity index (χ1n) is 9.02. The zero-order valence-corrected chi connectivity index (χ0v) is 16.3. The molecule has 7 nitrogen and oxygen atoms in total. The minimum atomic E-state index is -0.146. The number of hydrogen-bond donors (Lipinski definition) is 3. The van der Waals surface area contributed by atoms with E-state index in [2.05, 4.69) is 20.9 Å². The molecule has 1 atom stereocenters. The second kappa shape index (κ2) is 9.85. The molecular formula is C20H23ClN4O3. The van der Waals surface area contributed by atoms with E-state index < -0.39 is 0 Å². The fourth-order valence-electron chi connectivity index (χ4n) is 2.66. The van der Waals surface area contributed by atoms with E-state index in [4.69, 9.17) is 21.1 Å². The quantitative estimate of drug-likeness (QED) is 0.391. The summed E-state index contributed by atoms with van der Waals surface area (Å²) in [6.45, 7) is 2.01. The van der Waals surface area contributed by atoms with Crippen LogP contribution in [0, 0.1) is 0 Å². The maximum absolute atomic E-state index is 12.0. The van der Waals surface area contributed by atoms with Crippen LogP contribution in [0.5, 0.6) is 11.5 Å². The third-order valence-corrected chi connectivity index (χ3v) is 4.35. The maximum Gasteiger partial charge on any atom is 0.251 e. The number of carbonyl (C=O) groups is 1. The molecule has 1 heterocycles. The first-order valence-corrected chi connectivity index (χ1v) is 9.40. The zero-order valence-electron chi connectivity index (χ0n) is 15.6. The lowest BCUT2D eigenvalue weighted by Crippen LogP contribution is -2.46. The number of carbonyl (C=O) groups excluding carboxylic acids is 1. The van der Waals surface area contributed by atoms with E-state index in [1.165, 1.54) is 0 Å². The summed E-state index contributed by atoms with van der Waals surface area (Å²) in [6, 6.07) is 14.4. The second-order valence-electron chi connectivity index (χ2n) is 6.14. The van der Waals surface area contributed by atoms with Crippen LogP contribution < -0.4 is 25.4 Å². The number of amides is 1. The van der Waals surface area contributed by atoms with Gasteiger partial charge in [-0.25, -0.2) is 0 Å². The molecule has 8 heteroatoms. The van der Waals surface area contributed by atoms with Gasteiger partial charge in [0.25, 0.3) is 5.91 Å². The highest BCUT2D eigenvalue weighted by Crippen LogP contribution is 2.30. The van der Waals surface area contributed by atoms with Crippen LogP contribution in [0.1, 0.15) is 10.4 Å². The van der Waals surface area contributed by atoms with Gasteiger partial charge in [-0.1, -0.05) is 23.7 Å². The molecular weight excluding hydrogens is 380 g/mol. The second-order valence-corrected chi connectivity index (χ2v) is 6.58. The lowest BCUT2D eigenvalue weighted by molar-refractivity contribution is 0.0936. The minimum Gasteiger partial charge on any atom is -0.486 e. The number of guanidine groups is 1. The number of aliphatic imine (C=N–C) groups is 1. The summed E-state index contributed by atoms with van der Waals surface area (Å²) >= 11 is 5.83. The normalized spacial score (nSPS) is 15.6. The van der Waals surface area contributed by atoms with Gasteiger partial charge in [-0.3, -0.25) is 9.79 Å². The van der Waals surface area contributed by atoms with Crippen LogP contribution in [-0.4, -0.2) is 51.3 Å². The van der Waals surface area contributed by atoms with Gasteiger partial charge in [-0.15, -0.1) is 0 Å². The van der Waals surface area contributed by atoms with Crippen molar-refractivity contribution in [1.29, 1.82) is 0 Å². The predicted molar refractivity (Wildman–Crippen MR) is 110 cm³/mol. The van der Waals surface area contributed by atoms with E-state index in [0.717, 1.165) is 11.5 Å². The first kappa shape index (κ1) is 19.8. The molecule has 3 rings (SSSR count). The Kier molecular flexibility index (Phi) is 6.97. The van der Waals surface area contributed by atoms with Crippen molar-refractivity contribution >= 4 is 23.5 Å². The number of nitrogens with zero attached hydrogens (tertiary/aromatic N) is 1. The van der Waals surface area contributed by atoms with Crippen LogP contribution >= 0.6 is 11.6 Å². The standard InChI is InChI=1S/C20H23ClN4O3/c1-22-20(24-11-10-23-19(26)14-6-8-15(21)9-7-14)25-12-16-13-27-17-4-2-3-5-18(17)28-16/h2-9,16H,10-13H2,1H3,(H,23,26)(H2,22,24,25). The van der Waals surface area contributed by atoms with Crippen LogP contribution in [0.4, 0.5) is 0 Å². The number of para-hydroxylation sites is 2. The molecule has 28 heavy (non-hydrogen) atoms. The van der Waals surface area contributed by atoms with Gasteiger partial charge in [-0.2, -0.15) is 0 Å². The molecule has 0 aromatic heterocycles. The average Bonchev–Trinajstić information content (AvgIpc) is 2.73. The van der Waals surface area contributed by atoms with Gasteiger partial charge < -0.3 is 25.4 Å². The van der Waals surface area contributed by atoms with Crippen molar-refractivity contribution in [2.75, 3.05) is 33.3 Å². The SMILES string of the molecule is CN=C(NCCNC(=O)c1ccc(Cl)cc1)NCC1COc2ccccc2O1. The Bertz CT molecular complexity index is 826. The fraction of sp³-hybridized carbons (Fsp3) is 0.300. The molecule has 1 aliphatic rings. The Balaban J connectivity index is 1.36. The molecule has 0 aliphatic carbocycles. The smallest absolute Gasteiger partial charge is 0.251 e. The van der Waals surface area contributed by atoms with E-state index >= 15 is 0 Å². The van der Waals surface area contributed by atoms with Crippen molar-refractivity contribution < 1.29 is 14.3 Å². The Hall–Kier alpha value is -2.93. The third kappa shape index (κ3) is 5.53. The fourth-order valence-corrected chi connectivity index (χ4v) is 2.78. The molecule has 148 valence electrons. The van der Waals surface area contributed by atoms with Gasteiger partial charge in [0.05, 0.1) is 6.54 Å². The van der Waals surface area contributed by atoms with E-state index in [9.17, 15) is 4.79 Å². The van der Waals surface area contributed by atoms with E-state index in [1.807, 2.05) is 24.3 Å². The molecule has 0 saturated heterocycles. The summed E-state index contributed by atoms with van der Waals surface area (Å²) in [5.74, 6) is 1.99. The van der Waals surface area contributed by atoms with Gasteiger partial charge in [0.2, 0.25) is 0 Å². The highest BCUT2D eigenvalue weighted by Gasteiger charge is 2.20. The van der Waals surface area contributed by atoms with Gasteiger partial charge in [0.15, 0.2) is 17.5 Å². The molecule has 1 unspecified atom stereocenters. The monoisotopic (exact) mass is 402 g/mol. The Morgan fingerprint density at radius 2 is 1.79 bits per heavy atom. The lowest BCUT2D eigenvalue weighted by atomic mass is 10.2. The molecule has 0 spiro atoms. The summed E-state index contributed by atoms with van der Waals surface area (Å²) in [5, 5.41) is 9.80. The number of hydrogen-bond acceptors (Lipinski definition) is 4. The average molecular weight is 403 g/mol. The maximum atomic E-state index is 12.0. The molecule has 1 aliphatic heterocycles. The molecule has 0 radical (unpaired) electrons. The van der Waals surface area contributed by atoms with Gasteiger partial charge in [0, 0.05) is 30.7 Å². The van der Waals surface area contributed by atoms with Crippen LogP contribution in [0.15, 0.2) is 53.5 Å². The summed E-state index contributed by atoms with van der Waals surface area (Å²) in [7, 11) is 1.69. The van der Waals surface area contributed by atoms with Crippen molar-refractivity contribution in [2.24, 2.45) is 4.99 Å². The Morgan fingerprint density at radius 3 is 2.54 bits per heavy atom. The van der Waals surface area contributed by atoms with Gasteiger partial charge >= 0.3 is 0 Å². The van der Waals surface area contributed by atoms with Crippen molar-refractivity contribution in [1.82, 2.24) is 16.0 Å². The largest absolute Gasteiger partial charge is 0.486 e. The molecule has 0 fully saturated rings. The van der Waals surface area contributed by atoms with E-state index in [1.54, 1.807) is 31.3 Å². The summed E-state index contributed by atoms with van der Waals surface area (Å²) < 4.78 is 11.6. The Morgan fingerprint density at radius 1 is 1.07 bits per heavy atom. The summed E-state index contributed by atoms with van der Waals surface area (Å²) in [5.41, 5.74) is 0.571. The molecule has 3 N–H and O–H groups in total. The minimum absolute atomic E-state index is 0.113. The number of fused-ring (bicyclic) bond motifs is 1. The lowest BCUT2D eigenvalue weighted by Gasteiger charge is -2.27. The predicted octanol–water partition coefficient (Wildman–Crippen LogP) is 2.07. The van der Waals surface area contributed by atoms with Crippen LogP contribution in [0.2, 0.25) is 5.02 Å². The third-order valence-electron chi connectivity index (χ3n) is 4.10. The summed E-state index contributed by atoms with van der Waals surface area (Å²) in [4.78, 5) is 16.2. The van der Waals surface area contributed by atoms with Crippen molar-refractivity contribution in [3.63, 3.8) is 0 Å². The number of ether oxygens (including phenoxy) is 2. The van der Waals surface area contributed by atoms with Crippen LogP contribution in [-0.2, 0) is 0 Å². The van der Waals surface area contributed by atoms with Crippen LogP contribution in [0.25, 0.3) is 0 Å². The molecule has 0 bridgehead atoms. The van der Waals surface area contributed by atoms with Gasteiger partial charge in [0.1, 0.15) is 12.7 Å². The molecule has 0 saturated carbocycles. The highest BCUT2D eigenvalue weighted by molar-refractivity contribution is 6.30. The van der Waals surface area contributed by atoms with Gasteiger partial charge in [-0.05, 0) is 36.4 Å². The topological polar surface area (TPSA) is 84.0 Å². The highest BCUT2D eigenvalue weighted by atomic mass is 35.5. The van der Waals surface area contributed by atoms with E-state index in [-0.39, 0.29) is 12.0 Å². The van der Waals surface area contributed by atoms with Crippen LogP contribution in [0.3, 0.4) is 0 Å². The van der Waals surface area contributed by atoms with E-state index in [0.29, 0.717) is 42.8 Å². The zero-order chi connectivity index (χ0) is 19.8. The number of benzene rings is 2. The summed E-state index contributed by atoms with van der Waals surface area (Å²) in [6.07, 6.45) is -0.113. The molecule has 2 aromatic carbocycles. The molecule has 2 aromatic rings. The number of nitrogens with one attached hydrogen (secondary N) is 3. The Labute approximate surface area is 169 Å². The number of rotatable bonds is 6. The molecule has 1 amide bonds. The van der Waals surface area contributed by atoms with Crippen molar-refractivity contribution in [3.05, 3.63) is 59.1 Å².